The van der Waals surface area contributed by atoms with Crippen LogP contribution in [-0.4, -0.2) is 37.2 Å². The second-order valence-corrected chi connectivity index (χ2v) is 4.22. The molecule has 0 aromatic rings. The SMILES string of the molecule is CCCCCCC(C=CC(=O)OCCOCC)OO. The number of esters is 1. The molecule has 1 N–H and O–H groups in total. The van der Waals surface area contributed by atoms with Crippen molar-refractivity contribution in [3.8, 4) is 0 Å². The maximum atomic E-state index is 11.3. The van der Waals surface area contributed by atoms with Gasteiger partial charge < -0.3 is 9.47 Å². The lowest BCUT2D eigenvalue weighted by molar-refractivity contribution is -0.267. The summed E-state index contributed by atoms with van der Waals surface area (Å²) in [7, 11) is 0. The zero-order valence-corrected chi connectivity index (χ0v) is 12.0. The molecule has 112 valence electrons. The fourth-order valence-electron chi connectivity index (χ4n) is 1.54. The van der Waals surface area contributed by atoms with Gasteiger partial charge in [-0.3, -0.25) is 5.26 Å². The molecule has 0 rings (SSSR count). The lowest BCUT2D eigenvalue weighted by Gasteiger charge is -2.08. The van der Waals surface area contributed by atoms with Crippen LogP contribution in [0, 0.1) is 0 Å². The van der Waals surface area contributed by atoms with Crippen molar-refractivity contribution < 1.29 is 24.4 Å². The van der Waals surface area contributed by atoms with Gasteiger partial charge in [-0.25, -0.2) is 9.68 Å². The molecule has 0 saturated heterocycles. The number of carbonyl (C=O) groups excluding carboxylic acids is 1. The zero-order valence-electron chi connectivity index (χ0n) is 12.0. The summed E-state index contributed by atoms with van der Waals surface area (Å²) in [4.78, 5) is 15.6. The predicted octanol–water partition coefficient (Wildman–Crippen LogP) is 2.95. The average Bonchev–Trinajstić information content (AvgIpc) is 2.43. The molecule has 0 fully saturated rings. The number of hydrogen-bond donors (Lipinski definition) is 1. The first-order chi connectivity index (χ1) is 9.24. The molecule has 19 heavy (non-hydrogen) atoms. The van der Waals surface area contributed by atoms with Gasteiger partial charge in [-0.1, -0.05) is 32.6 Å². The van der Waals surface area contributed by atoms with Crippen LogP contribution >= 0.6 is 0 Å². The number of ether oxygens (including phenoxy) is 2. The van der Waals surface area contributed by atoms with E-state index in [1.165, 1.54) is 18.6 Å². The Kier molecular flexibility index (Phi) is 12.9. The van der Waals surface area contributed by atoms with E-state index < -0.39 is 12.1 Å². The fourth-order valence-corrected chi connectivity index (χ4v) is 1.54. The van der Waals surface area contributed by atoms with Crippen LogP contribution in [0.15, 0.2) is 12.2 Å². The van der Waals surface area contributed by atoms with E-state index in [0.29, 0.717) is 19.6 Å². The average molecular weight is 274 g/mol. The molecular weight excluding hydrogens is 248 g/mol. The summed E-state index contributed by atoms with van der Waals surface area (Å²) in [5.74, 6) is -0.449. The number of rotatable bonds is 12. The summed E-state index contributed by atoms with van der Waals surface area (Å²) in [5.41, 5.74) is 0. The minimum absolute atomic E-state index is 0.234. The lowest BCUT2D eigenvalue weighted by Crippen LogP contribution is -2.11. The molecule has 5 heteroatoms. The topological polar surface area (TPSA) is 65.0 Å². The third-order valence-electron chi connectivity index (χ3n) is 2.60. The first kappa shape index (κ1) is 18.1. The monoisotopic (exact) mass is 274 g/mol. The molecule has 0 aliphatic heterocycles. The van der Waals surface area contributed by atoms with E-state index in [9.17, 15) is 4.79 Å². The van der Waals surface area contributed by atoms with Crippen molar-refractivity contribution in [2.24, 2.45) is 0 Å². The summed E-state index contributed by atoms with van der Waals surface area (Å²) in [6.07, 6.45) is 7.44. The Bertz CT molecular complexity index is 240. The van der Waals surface area contributed by atoms with Crippen molar-refractivity contribution in [1.29, 1.82) is 0 Å². The first-order valence-electron chi connectivity index (χ1n) is 6.97. The van der Waals surface area contributed by atoms with Gasteiger partial charge in [0.2, 0.25) is 0 Å². The van der Waals surface area contributed by atoms with Gasteiger partial charge in [-0.2, -0.15) is 0 Å². The molecule has 0 spiro atoms. The van der Waals surface area contributed by atoms with Crippen molar-refractivity contribution in [3.05, 3.63) is 12.2 Å². The van der Waals surface area contributed by atoms with Gasteiger partial charge >= 0.3 is 5.97 Å². The van der Waals surface area contributed by atoms with Crippen LogP contribution in [0.3, 0.4) is 0 Å². The smallest absolute Gasteiger partial charge is 0.330 e. The van der Waals surface area contributed by atoms with Crippen LogP contribution in [0.25, 0.3) is 0 Å². The van der Waals surface area contributed by atoms with E-state index in [1.807, 2.05) is 6.92 Å². The third-order valence-corrected chi connectivity index (χ3v) is 2.60. The number of hydrogen-bond acceptors (Lipinski definition) is 5. The van der Waals surface area contributed by atoms with Gasteiger partial charge in [0.1, 0.15) is 12.7 Å². The van der Waals surface area contributed by atoms with Crippen molar-refractivity contribution in [2.75, 3.05) is 19.8 Å². The molecule has 0 bridgehead atoms. The van der Waals surface area contributed by atoms with Crippen LogP contribution < -0.4 is 0 Å². The van der Waals surface area contributed by atoms with E-state index in [-0.39, 0.29) is 6.61 Å². The van der Waals surface area contributed by atoms with Crippen LogP contribution in [0.5, 0.6) is 0 Å². The minimum Gasteiger partial charge on any atom is -0.460 e. The van der Waals surface area contributed by atoms with Gasteiger partial charge in [0.15, 0.2) is 0 Å². The molecule has 0 aromatic carbocycles. The number of unbranched alkanes of at least 4 members (excludes halogenated alkanes) is 3. The Hall–Kier alpha value is -0.910. The fraction of sp³-hybridized carbons (Fsp3) is 0.786. The van der Waals surface area contributed by atoms with Crippen LogP contribution in [0.4, 0.5) is 0 Å². The van der Waals surface area contributed by atoms with E-state index in [4.69, 9.17) is 14.7 Å². The quantitative estimate of drug-likeness (QED) is 0.195. The molecule has 5 nitrogen and oxygen atoms in total. The highest BCUT2D eigenvalue weighted by Gasteiger charge is 2.05. The molecule has 0 amide bonds. The van der Waals surface area contributed by atoms with E-state index >= 15 is 0 Å². The number of carbonyl (C=O) groups is 1. The molecule has 0 heterocycles. The van der Waals surface area contributed by atoms with Crippen LogP contribution in [0.1, 0.15) is 46.0 Å². The van der Waals surface area contributed by atoms with Crippen LogP contribution in [-0.2, 0) is 19.2 Å². The van der Waals surface area contributed by atoms with Crippen molar-refractivity contribution in [2.45, 2.75) is 52.1 Å². The van der Waals surface area contributed by atoms with Crippen molar-refractivity contribution in [3.63, 3.8) is 0 Å². The molecule has 0 aromatic heterocycles. The maximum absolute atomic E-state index is 11.3. The lowest BCUT2D eigenvalue weighted by atomic mass is 10.1. The van der Waals surface area contributed by atoms with Gasteiger partial charge in [-0.15, -0.1) is 0 Å². The first-order valence-corrected chi connectivity index (χ1v) is 6.97. The second-order valence-electron chi connectivity index (χ2n) is 4.22. The maximum Gasteiger partial charge on any atom is 0.330 e. The van der Waals surface area contributed by atoms with Crippen molar-refractivity contribution >= 4 is 5.97 Å². The highest BCUT2D eigenvalue weighted by Crippen LogP contribution is 2.08. The third kappa shape index (κ3) is 11.9. The summed E-state index contributed by atoms with van der Waals surface area (Å²) >= 11 is 0. The van der Waals surface area contributed by atoms with Gasteiger partial charge in [0.25, 0.3) is 0 Å². The van der Waals surface area contributed by atoms with Gasteiger partial charge in [-0.05, 0) is 19.4 Å². The largest absolute Gasteiger partial charge is 0.460 e. The Balaban J connectivity index is 3.75. The standard InChI is InChI=1S/C14H26O5/c1-3-5-6-7-8-13(19-16)9-10-14(15)18-12-11-17-4-2/h9-10,13,16H,3-8,11-12H2,1-2H3. The minimum atomic E-state index is -0.449. The highest BCUT2D eigenvalue weighted by molar-refractivity contribution is 5.81. The molecule has 1 atom stereocenters. The Morgan fingerprint density at radius 1 is 1.21 bits per heavy atom. The zero-order chi connectivity index (χ0) is 14.3. The molecule has 1 unspecified atom stereocenters. The second kappa shape index (κ2) is 13.5. The summed E-state index contributed by atoms with van der Waals surface area (Å²) in [5, 5.41) is 8.72. The van der Waals surface area contributed by atoms with E-state index in [1.54, 1.807) is 0 Å². The summed E-state index contributed by atoms with van der Waals surface area (Å²) in [6, 6.07) is 0. The summed E-state index contributed by atoms with van der Waals surface area (Å²) in [6.45, 7) is 5.25. The Morgan fingerprint density at radius 3 is 2.63 bits per heavy atom. The van der Waals surface area contributed by atoms with Crippen molar-refractivity contribution in [1.82, 2.24) is 0 Å². The highest BCUT2D eigenvalue weighted by atomic mass is 17.1. The molecular formula is C14H26O5. The Labute approximate surface area is 115 Å². The normalized spacial score (nSPS) is 12.8. The molecule has 0 aliphatic rings. The Morgan fingerprint density at radius 2 is 2.00 bits per heavy atom. The summed E-state index contributed by atoms with van der Waals surface area (Å²) < 4.78 is 9.93. The molecule has 0 saturated carbocycles. The van der Waals surface area contributed by atoms with E-state index in [2.05, 4.69) is 11.8 Å². The van der Waals surface area contributed by atoms with E-state index in [0.717, 1.165) is 19.3 Å². The molecule has 0 radical (unpaired) electrons. The van der Waals surface area contributed by atoms with Gasteiger partial charge in [0, 0.05) is 12.7 Å². The van der Waals surface area contributed by atoms with Crippen LogP contribution in [0.2, 0.25) is 0 Å². The molecule has 0 aliphatic carbocycles. The predicted molar refractivity (Wildman–Crippen MR) is 72.9 cm³/mol. The van der Waals surface area contributed by atoms with Gasteiger partial charge in [0.05, 0.1) is 6.61 Å².